The van der Waals surface area contributed by atoms with Crippen LogP contribution in [-0.4, -0.2) is 23.9 Å². The van der Waals surface area contributed by atoms with Crippen molar-refractivity contribution in [1.29, 1.82) is 0 Å². The van der Waals surface area contributed by atoms with Gasteiger partial charge in [0.15, 0.2) is 0 Å². The van der Waals surface area contributed by atoms with Gasteiger partial charge in [0.05, 0.1) is 29.3 Å². The summed E-state index contributed by atoms with van der Waals surface area (Å²) in [4.78, 5) is 2.12. The predicted octanol–water partition coefficient (Wildman–Crippen LogP) is 2.89. The highest BCUT2D eigenvalue weighted by atomic mass is 15.3. The summed E-state index contributed by atoms with van der Waals surface area (Å²) in [5, 5.41) is 7.96. The molecule has 0 saturated carbocycles. The van der Waals surface area contributed by atoms with Gasteiger partial charge in [0.2, 0.25) is 0 Å². The van der Waals surface area contributed by atoms with E-state index >= 15 is 0 Å². The van der Waals surface area contributed by atoms with Crippen LogP contribution in [0.3, 0.4) is 0 Å². The molecule has 0 bridgehead atoms. The van der Waals surface area contributed by atoms with Gasteiger partial charge in [0, 0.05) is 20.6 Å². The third kappa shape index (κ3) is 3.08. The molecule has 19 heavy (non-hydrogen) atoms. The number of hydrogen-bond donors (Lipinski definition) is 1. The largest absolute Gasteiger partial charge is 0.378 e. The Morgan fingerprint density at radius 3 is 2.68 bits per heavy atom. The average Bonchev–Trinajstić information content (AvgIpc) is 2.77. The molecular formula is C15H22N4. The minimum absolute atomic E-state index is 0.791. The third-order valence-electron chi connectivity index (χ3n) is 3.13. The number of rotatable bonds is 5. The fourth-order valence-electron chi connectivity index (χ4n) is 2.21. The molecule has 0 spiro atoms. The minimum atomic E-state index is 0.791. The van der Waals surface area contributed by atoms with E-state index in [4.69, 9.17) is 0 Å². The Hall–Kier alpha value is -1.97. The van der Waals surface area contributed by atoms with E-state index in [-0.39, 0.29) is 0 Å². The number of nitrogens with one attached hydrogen (secondary N) is 1. The van der Waals surface area contributed by atoms with Crippen LogP contribution in [-0.2, 0) is 13.1 Å². The molecule has 1 aromatic carbocycles. The molecule has 0 amide bonds. The van der Waals surface area contributed by atoms with Crippen molar-refractivity contribution in [2.75, 3.05) is 24.3 Å². The Labute approximate surface area is 115 Å². The van der Waals surface area contributed by atoms with Gasteiger partial charge in [0.25, 0.3) is 0 Å². The first-order valence-corrected chi connectivity index (χ1v) is 6.65. The lowest BCUT2D eigenvalue weighted by Gasteiger charge is -2.18. The summed E-state index contributed by atoms with van der Waals surface area (Å²) in [6.45, 7) is 5.84. The number of hydrogen-bond acceptors (Lipinski definition) is 3. The molecule has 4 heteroatoms. The second kappa shape index (κ2) is 5.78. The highest BCUT2D eigenvalue weighted by Crippen LogP contribution is 2.24. The molecule has 1 aromatic heterocycles. The zero-order valence-corrected chi connectivity index (χ0v) is 12.1. The van der Waals surface area contributed by atoms with Crippen molar-refractivity contribution >= 4 is 11.4 Å². The van der Waals surface area contributed by atoms with Crippen molar-refractivity contribution in [1.82, 2.24) is 9.78 Å². The van der Waals surface area contributed by atoms with Crippen LogP contribution in [0.5, 0.6) is 0 Å². The van der Waals surface area contributed by atoms with E-state index in [1.807, 2.05) is 11.6 Å². The Bertz CT molecular complexity index is 543. The van der Waals surface area contributed by atoms with Crippen LogP contribution in [0.25, 0.3) is 0 Å². The fourth-order valence-corrected chi connectivity index (χ4v) is 2.21. The smallest absolute Gasteiger partial charge is 0.0597 e. The van der Waals surface area contributed by atoms with Crippen LogP contribution in [0, 0.1) is 6.92 Å². The van der Waals surface area contributed by atoms with Gasteiger partial charge in [-0.2, -0.15) is 5.10 Å². The Kier molecular flexibility index (Phi) is 4.10. The first-order chi connectivity index (χ1) is 9.11. The molecule has 0 aliphatic rings. The molecule has 102 valence electrons. The zero-order chi connectivity index (χ0) is 13.8. The zero-order valence-electron chi connectivity index (χ0n) is 12.1. The summed E-state index contributed by atoms with van der Waals surface area (Å²) in [7, 11) is 4.11. The second-order valence-corrected chi connectivity index (χ2v) is 4.86. The number of aromatic nitrogens is 2. The molecule has 1 heterocycles. The summed E-state index contributed by atoms with van der Waals surface area (Å²) in [6, 6.07) is 10.5. The molecule has 1 N–H and O–H groups in total. The highest BCUT2D eigenvalue weighted by Gasteiger charge is 2.06. The van der Waals surface area contributed by atoms with E-state index < -0.39 is 0 Å². The van der Waals surface area contributed by atoms with Gasteiger partial charge in [-0.05, 0) is 32.0 Å². The molecule has 4 nitrogen and oxygen atoms in total. The van der Waals surface area contributed by atoms with Crippen molar-refractivity contribution in [2.45, 2.75) is 26.9 Å². The quantitative estimate of drug-likeness (QED) is 0.895. The van der Waals surface area contributed by atoms with E-state index in [1.165, 1.54) is 11.4 Å². The maximum absolute atomic E-state index is 4.47. The molecule has 0 aliphatic heterocycles. The summed E-state index contributed by atoms with van der Waals surface area (Å²) in [5.41, 5.74) is 4.63. The maximum Gasteiger partial charge on any atom is 0.0597 e. The lowest BCUT2D eigenvalue weighted by Crippen LogP contribution is -2.13. The van der Waals surface area contributed by atoms with Crippen LogP contribution in [0.1, 0.15) is 18.3 Å². The van der Waals surface area contributed by atoms with Gasteiger partial charge in [-0.25, -0.2) is 0 Å². The van der Waals surface area contributed by atoms with Crippen molar-refractivity contribution in [3.8, 4) is 0 Å². The van der Waals surface area contributed by atoms with Gasteiger partial charge in [0.1, 0.15) is 0 Å². The highest BCUT2D eigenvalue weighted by molar-refractivity contribution is 5.69. The van der Waals surface area contributed by atoms with E-state index in [0.717, 1.165) is 24.5 Å². The summed E-state index contributed by atoms with van der Waals surface area (Å²) in [6.07, 6.45) is 0. The van der Waals surface area contributed by atoms with Crippen LogP contribution in [0.15, 0.2) is 30.3 Å². The van der Waals surface area contributed by atoms with Crippen LogP contribution >= 0.6 is 0 Å². The molecule has 0 fully saturated rings. The van der Waals surface area contributed by atoms with Crippen LogP contribution < -0.4 is 10.2 Å². The normalized spacial score (nSPS) is 10.5. The molecule has 2 aromatic rings. The predicted molar refractivity (Wildman–Crippen MR) is 80.7 cm³/mol. The standard InChI is InChI=1S/C15H22N4/c1-5-19-13(10-12(2)17-19)11-16-14-8-6-7-9-15(14)18(3)4/h6-10,16H,5,11H2,1-4H3. The topological polar surface area (TPSA) is 33.1 Å². The SMILES string of the molecule is CCn1nc(C)cc1CNc1ccccc1N(C)C. The number of aryl methyl sites for hydroxylation is 2. The second-order valence-electron chi connectivity index (χ2n) is 4.86. The van der Waals surface area contributed by atoms with Gasteiger partial charge < -0.3 is 10.2 Å². The number of para-hydroxylation sites is 2. The molecular weight excluding hydrogens is 236 g/mol. The van der Waals surface area contributed by atoms with Gasteiger partial charge >= 0.3 is 0 Å². The fraction of sp³-hybridized carbons (Fsp3) is 0.400. The lowest BCUT2D eigenvalue weighted by atomic mass is 10.2. The van der Waals surface area contributed by atoms with E-state index in [9.17, 15) is 0 Å². The van der Waals surface area contributed by atoms with Gasteiger partial charge in [-0.15, -0.1) is 0 Å². The van der Waals surface area contributed by atoms with E-state index in [1.54, 1.807) is 0 Å². The number of anilines is 2. The Balaban J connectivity index is 2.14. The molecule has 0 radical (unpaired) electrons. The molecule has 2 rings (SSSR count). The number of benzene rings is 1. The van der Waals surface area contributed by atoms with Gasteiger partial charge in [-0.1, -0.05) is 12.1 Å². The minimum Gasteiger partial charge on any atom is -0.378 e. The van der Waals surface area contributed by atoms with E-state index in [0.29, 0.717) is 0 Å². The molecule has 0 unspecified atom stereocenters. The maximum atomic E-state index is 4.47. The van der Waals surface area contributed by atoms with E-state index in [2.05, 4.69) is 66.7 Å². The average molecular weight is 258 g/mol. The molecule has 0 atom stereocenters. The molecule has 0 aliphatic carbocycles. The van der Waals surface area contributed by atoms with Crippen molar-refractivity contribution in [3.05, 3.63) is 41.7 Å². The van der Waals surface area contributed by atoms with Crippen LogP contribution in [0.2, 0.25) is 0 Å². The number of nitrogens with zero attached hydrogens (tertiary/aromatic N) is 3. The van der Waals surface area contributed by atoms with Crippen molar-refractivity contribution in [2.24, 2.45) is 0 Å². The first-order valence-electron chi connectivity index (χ1n) is 6.65. The molecule has 0 saturated heterocycles. The third-order valence-corrected chi connectivity index (χ3v) is 3.13. The summed E-state index contributed by atoms with van der Waals surface area (Å²) in [5.74, 6) is 0. The first kappa shape index (κ1) is 13.5. The summed E-state index contributed by atoms with van der Waals surface area (Å²) < 4.78 is 2.04. The van der Waals surface area contributed by atoms with Crippen molar-refractivity contribution in [3.63, 3.8) is 0 Å². The monoisotopic (exact) mass is 258 g/mol. The van der Waals surface area contributed by atoms with Crippen molar-refractivity contribution < 1.29 is 0 Å². The van der Waals surface area contributed by atoms with Gasteiger partial charge in [-0.3, -0.25) is 4.68 Å². The summed E-state index contributed by atoms with van der Waals surface area (Å²) >= 11 is 0. The lowest BCUT2D eigenvalue weighted by molar-refractivity contribution is 0.623. The Morgan fingerprint density at radius 1 is 1.26 bits per heavy atom. The van der Waals surface area contributed by atoms with Crippen LogP contribution in [0.4, 0.5) is 11.4 Å². The Morgan fingerprint density at radius 2 is 2.00 bits per heavy atom.